The van der Waals surface area contributed by atoms with Crippen LogP contribution in [-0.2, 0) is 24.3 Å². The summed E-state index contributed by atoms with van der Waals surface area (Å²) in [6.45, 7) is 1.56. The van der Waals surface area contributed by atoms with E-state index < -0.39 is 28.5 Å². The number of hydrogen-bond donors (Lipinski definition) is 4. The van der Waals surface area contributed by atoms with E-state index in [2.05, 4.69) is 14.9 Å². The molecular formula is C16H25N5O7S. The molecule has 13 heteroatoms. The molecule has 12 nitrogen and oxygen atoms in total. The molecule has 1 aliphatic carbocycles. The summed E-state index contributed by atoms with van der Waals surface area (Å²) in [7, 11) is -4.84. The van der Waals surface area contributed by atoms with E-state index in [1.807, 2.05) is 0 Å². The molecular weight excluding hydrogens is 406 g/mol. The topological polar surface area (TPSA) is 169 Å². The van der Waals surface area contributed by atoms with Crippen LogP contribution in [0.2, 0.25) is 0 Å². The minimum atomic E-state index is -4.84. The molecule has 0 aromatic heterocycles. The van der Waals surface area contributed by atoms with Crippen LogP contribution < -0.4 is 10.6 Å². The van der Waals surface area contributed by atoms with Crippen molar-refractivity contribution in [3.05, 3.63) is 0 Å². The molecule has 0 aromatic rings. The maximum atomic E-state index is 12.6. The lowest BCUT2D eigenvalue weighted by Gasteiger charge is -2.32. The van der Waals surface area contributed by atoms with Gasteiger partial charge in [0.05, 0.1) is 12.1 Å². The molecule has 0 spiro atoms. The van der Waals surface area contributed by atoms with Crippen molar-refractivity contribution in [2.45, 2.75) is 63.6 Å². The van der Waals surface area contributed by atoms with Crippen LogP contribution in [0.5, 0.6) is 0 Å². The van der Waals surface area contributed by atoms with Gasteiger partial charge in [0.2, 0.25) is 11.8 Å². The SMILES string of the molecule is CC(=O)NC1CCCC(C(=O)NC(=N)[C@@H]2CC[C@@H]3CN2C(=O)N3OS(=O)(=O)O)C1. The van der Waals surface area contributed by atoms with Crippen molar-refractivity contribution in [3.63, 3.8) is 0 Å². The molecule has 2 heterocycles. The van der Waals surface area contributed by atoms with Gasteiger partial charge in [-0.25, -0.2) is 4.79 Å². The first-order valence-electron chi connectivity index (χ1n) is 9.48. The molecule has 3 rings (SSSR count). The first-order chi connectivity index (χ1) is 13.5. The smallest absolute Gasteiger partial charge is 0.354 e. The number of urea groups is 1. The number of carbonyl (C=O) groups is 3. The zero-order valence-corrected chi connectivity index (χ0v) is 16.8. The molecule has 3 fully saturated rings. The molecule has 2 unspecified atom stereocenters. The Balaban J connectivity index is 1.59. The lowest BCUT2D eigenvalue weighted by atomic mass is 9.85. The van der Waals surface area contributed by atoms with Gasteiger partial charge in [-0.2, -0.15) is 13.5 Å². The van der Waals surface area contributed by atoms with Gasteiger partial charge in [-0.05, 0) is 32.1 Å². The number of amidine groups is 1. The highest BCUT2D eigenvalue weighted by molar-refractivity contribution is 7.80. The average molecular weight is 431 g/mol. The molecule has 3 aliphatic rings. The summed E-state index contributed by atoms with van der Waals surface area (Å²) in [5.41, 5.74) is 0. The number of nitrogens with zero attached hydrogens (tertiary/aromatic N) is 2. The van der Waals surface area contributed by atoms with Crippen molar-refractivity contribution < 1.29 is 31.6 Å². The third kappa shape index (κ3) is 5.03. The van der Waals surface area contributed by atoms with Crippen LogP contribution in [-0.4, -0.2) is 71.3 Å². The monoisotopic (exact) mass is 431 g/mol. The molecule has 2 bridgehead atoms. The minimum Gasteiger partial charge on any atom is -0.354 e. The van der Waals surface area contributed by atoms with E-state index >= 15 is 0 Å². The van der Waals surface area contributed by atoms with Crippen LogP contribution in [0.25, 0.3) is 0 Å². The first-order valence-corrected chi connectivity index (χ1v) is 10.8. The highest BCUT2D eigenvalue weighted by atomic mass is 32.3. The van der Waals surface area contributed by atoms with Crippen LogP contribution in [0.1, 0.15) is 45.4 Å². The van der Waals surface area contributed by atoms with E-state index in [1.165, 1.54) is 11.8 Å². The number of amides is 4. The van der Waals surface area contributed by atoms with Gasteiger partial charge in [-0.1, -0.05) is 6.42 Å². The Morgan fingerprint density at radius 2 is 1.97 bits per heavy atom. The van der Waals surface area contributed by atoms with Gasteiger partial charge in [-0.15, -0.1) is 4.28 Å². The molecule has 4 amide bonds. The Morgan fingerprint density at radius 3 is 2.62 bits per heavy atom. The number of piperidine rings is 1. The van der Waals surface area contributed by atoms with Gasteiger partial charge in [-0.3, -0.25) is 19.6 Å². The summed E-state index contributed by atoms with van der Waals surface area (Å²) < 4.78 is 35.1. The van der Waals surface area contributed by atoms with Crippen molar-refractivity contribution in [3.8, 4) is 0 Å². The van der Waals surface area contributed by atoms with Crippen molar-refractivity contribution >= 4 is 34.1 Å². The van der Waals surface area contributed by atoms with Gasteiger partial charge in [0.25, 0.3) is 0 Å². The highest BCUT2D eigenvalue weighted by Gasteiger charge is 2.48. The Labute approximate surface area is 168 Å². The zero-order valence-electron chi connectivity index (χ0n) is 16.0. The van der Waals surface area contributed by atoms with Crippen molar-refractivity contribution in [2.75, 3.05) is 6.54 Å². The number of rotatable bonds is 5. The Kier molecular flexibility index (Phi) is 6.10. The van der Waals surface area contributed by atoms with Crippen molar-refractivity contribution in [2.24, 2.45) is 5.92 Å². The quantitative estimate of drug-likeness (QED) is 0.265. The van der Waals surface area contributed by atoms with Gasteiger partial charge < -0.3 is 15.5 Å². The Hall–Kier alpha value is -2.25. The number of carbonyl (C=O) groups excluding carboxylic acids is 3. The Morgan fingerprint density at radius 1 is 1.24 bits per heavy atom. The molecule has 2 aliphatic heterocycles. The Bertz CT molecular complexity index is 816. The second kappa shape index (κ2) is 8.24. The molecule has 4 N–H and O–H groups in total. The number of nitrogens with one attached hydrogen (secondary N) is 3. The number of hydroxylamine groups is 2. The lowest BCUT2D eigenvalue weighted by Crippen LogP contribution is -2.52. The maximum absolute atomic E-state index is 12.6. The third-order valence-electron chi connectivity index (χ3n) is 5.54. The summed E-state index contributed by atoms with van der Waals surface area (Å²) in [6.07, 6.45) is 3.43. The first kappa shape index (κ1) is 21.5. The van der Waals surface area contributed by atoms with Gasteiger partial charge in [0.1, 0.15) is 5.84 Å². The fourth-order valence-corrected chi connectivity index (χ4v) is 4.68. The summed E-state index contributed by atoms with van der Waals surface area (Å²) in [6, 6.07) is -2.13. The molecule has 29 heavy (non-hydrogen) atoms. The molecule has 0 aromatic carbocycles. The van der Waals surface area contributed by atoms with Crippen LogP contribution in [0.4, 0.5) is 4.79 Å². The standard InChI is InChI=1S/C16H25N5O7S/c1-9(22)18-11-4-2-3-10(7-11)15(23)19-14(17)13-6-5-12-8-20(13)16(24)21(12)28-29(25,26)27/h10-13H,2-8H2,1H3,(H,18,22)(H2,17,19,23)(H,25,26,27)/t10?,11?,12-,13+/m1/s1. The van der Waals surface area contributed by atoms with E-state index in [4.69, 9.17) is 9.96 Å². The lowest BCUT2D eigenvalue weighted by molar-refractivity contribution is -0.126. The van der Waals surface area contributed by atoms with E-state index in [0.29, 0.717) is 30.7 Å². The highest BCUT2D eigenvalue weighted by Crippen LogP contribution is 2.31. The van der Waals surface area contributed by atoms with Crippen molar-refractivity contribution in [1.29, 1.82) is 5.41 Å². The van der Waals surface area contributed by atoms with Gasteiger partial charge in [0, 0.05) is 25.4 Å². The fraction of sp³-hybridized carbons (Fsp3) is 0.750. The number of hydrogen-bond acceptors (Lipinski definition) is 7. The van der Waals surface area contributed by atoms with Crippen LogP contribution in [0.3, 0.4) is 0 Å². The van der Waals surface area contributed by atoms with E-state index in [0.717, 1.165) is 12.8 Å². The minimum absolute atomic E-state index is 0.0760. The summed E-state index contributed by atoms with van der Waals surface area (Å²) in [5.74, 6) is -0.960. The molecule has 4 atom stereocenters. The predicted molar refractivity (Wildman–Crippen MR) is 98.8 cm³/mol. The molecule has 162 valence electrons. The predicted octanol–water partition coefficient (Wildman–Crippen LogP) is -0.222. The molecule has 1 saturated carbocycles. The van der Waals surface area contributed by atoms with Crippen molar-refractivity contribution in [1.82, 2.24) is 20.6 Å². The summed E-state index contributed by atoms with van der Waals surface area (Å²) in [4.78, 5) is 37.5. The third-order valence-corrected chi connectivity index (χ3v) is 5.89. The van der Waals surface area contributed by atoms with Crippen LogP contribution in [0, 0.1) is 11.3 Å². The second-order valence-electron chi connectivity index (χ2n) is 7.67. The van der Waals surface area contributed by atoms with Crippen LogP contribution in [0.15, 0.2) is 0 Å². The normalized spacial score (nSPS) is 29.5. The second-order valence-corrected chi connectivity index (χ2v) is 8.68. The zero-order chi connectivity index (χ0) is 21.3. The van der Waals surface area contributed by atoms with E-state index in [1.54, 1.807) is 0 Å². The van der Waals surface area contributed by atoms with E-state index in [9.17, 15) is 22.8 Å². The maximum Gasteiger partial charge on any atom is 0.418 e. The molecule has 2 saturated heterocycles. The fourth-order valence-electron chi connectivity index (χ4n) is 4.30. The number of fused-ring (bicyclic) bond motifs is 2. The summed E-state index contributed by atoms with van der Waals surface area (Å²) in [5, 5.41) is 14.3. The summed E-state index contributed by atoms with van der Waals surface area (Å²) >= 11 is 0. The van der Waals surface area contributed by atoms with Gasteiger partial charge in [0.15, 0.2) is 0 Å². The van der Waals surface area contributed by atoms with Gasteiger partial charge >= 0.3 is 16.4 Å². The average Bonchev–Trinajstić information content (AvgIpc) is 2.85. The molecule has 0 radical (unpaired) electrons. The van der Waals surface area contributed by atoms with E-state index in [-0.39, 0.29) is 36.2 Å². The largest absolute Gasteiger partial charge is 0.418 e. The van der Waals surface area contributed by atoms with Crippen LogP contribution >= 0.6 is 0 Å².